The van der Waals surface area contributed by atoms with Crippen LogP contribution in [0.25, 0.3) is 17.2 Å². The number of amides is 2. The maximum Gasteiger partial charge on any atom is 0.408 e. The fourth-order valence-corrected chi connectivity index (χ4v) is 3.51. The number of hydrogen-bond acceptors (Lipinski definition) is 9. The van der Waals surface area contributed by atoms with Gasteiger partial charge in [-0.15, -0.1) is 0 Å². The summed E-state index contributed by atoms with van der Waals surface area (Å²) in [5.74, 6) is 0.432. The maximum atomic E-state index is 13.1. The second-order valence-electron chi connectivity index (χ2n) is 9.43. The summed E-state index contributed by atoms with van der Waals surface area (Å²) in [6.07, 6.45) is 5.43. The average Bonchev–Trinajstić information content (AvgIpc) is 3.01. The number of ether oxygens (including phenoxy) is 1. The topological polar surface area (TPSA) is 152 Å². The number of fused-ring (bicyclic) bond motifs is 1. The van der Waals surface area contributed by atoms with E-state index in [0.29, 0.717) is 35.9 Å². The van der Waals surface area contributed by atoms with E-state index in [4.69, 9.17) is 20.4 Å². The van der Waals surface area contributed by atoms with Crippen molar-refractivity contribution in [3.63, 3.8) is 0 Å². The fraction of sp³-hybridized carbons (Fsp3) is 0.423. The zero-order valence-corrected chi connectivity index (χ0v) is 21.7. The van der Waals surface area contributed by atoms with Crippen LogP contribution in [0.1, 0.15) is 51.9 Å². The first-order valence-corrected chi connectivity index (χ1v) is 12.1. The number of hydrogen-bond donors (Lipinski definition) is 3. The standard InChI is InChI=1S/C26H34N6O5/c1-5-8-32(36-10-9-33)24(34)19-11-18-7-6-17(12-21(18)31-22(27)13-19)20-14-28-23(29-15-20)16-30-25(35)37-26(2,3)4/h6-7,11-12,14-15,33H,5,8-10,13,16H2,1-4H3,(H2,27,31)(H,30,35). The number of nitrogens with one attached hydrogen (secondary N) is 1. The molecule has 2 heterocycles. The first kappa shape index (κ1) is 27.8. The van der Waals surface area contributed by atoms with Crippen molar-refractivity contribution in [3.05, 3.63) is 47.6 Å². The minimum atomic E-state index is -0.585. The van der Waals surface area contributed by atoms with Gasteiger partial charge in [0.15, 0.2) is 0 Å². The van der Waals surface area contributed by atoms with Crippen molar-refractivity contribution in [1.82, 2.24) is 20.3 Å². The number of amidine groups is 1. The summed E-state index contributed by atoms with van der Waals surface area (Å²) in [4.78, 5) is 43.5. The molecule has 1 aromatic heterocycles. The van der Waals surface area contributed by atoms with Gasteiger partial charge in [0.05, 0.1) is 25.4 Å². The van der Waals surface area contributed by atoms with Crippen LogP contribution in [0.3, 0.4) is 0 Å². The summed E-state index contributed by atoms with van der Waals surface area (Å²) in [6.45, 7) is 7.68. The maximum absolute atomic E-state index is 13.1. The number of carbonyl (C=O) groups is 2. The van der Waals surface area contributed by atoms with Crippen LogP contribution in [0.2, 0.25) is 0 Å². The lowest BCUT2D eigenvalue weighted by atomic mass is 10.0. The third kappa shape index (κ3) is 8.09. The molecular formula is C26H34N6O5. The van der Waals surface area contributed by atoms with Crippen molar-refractivity contribution in [2.45, 2.75) is 52.7 Å². The van der Waals surface area contributed by atoms with Gasteiger partial charge in [0.1, 0.15) is 17.3 Å². The highest BCUT2D eigenvalue weighted by Gasteiger charge is 2.22. The number of alkyl carbamates (subject to hydrolysis) is 1. The van der Waals surface area contributed by atoms with Gasteiger partial charge in [-0.2, -0.15) is 0 Å². The van der Waals surface area contributed by atoms with E-state index in [9.17, 15) is 9.59 Å². The predicted octanol–water partition coefficient (Wildman–Crippen LogP) is 3.11. The molecule has 1 aliphatic heterocycles. The number of nitrogens with two attached hydrogens (primary N) is 1. The minimum Gasteiger partial charge on any atom is -0.444 e. The first-order valence-electron chi connectivity index (χ1n) is 12.1. The molecule has 4 N–H and O–H groups in total. The van der Waals surface area contributed by atoms with E-state index in [2.05, 4.69) is 20.3 Å². The predicted molar refractivity (Wildman–Crippen MR) is 139 cm³/mol. The van der Waals surface area contributed by atoms with Gasteiger partial charge >= 0.3 is 6.09 Å². The molecule has 0 fully saturated rings. The zero-order valence-electron chi connectivity index (χ0n) is 21.7. The molecule has 1 aromatic carbocycles. The number of carbonyl (C=O) groups excluding carboxylic acids is 2. The fourth-order valence-electron chi connectivity index (χ4n) is 3.51. The Bertz CT molecular complexity index is 1170. The lowest BCUT2D eigenvalue weighted by Crippen LogP contribution is -2.35. The zero-order chi connectivity index (χ0) is 27.0. The molecular weight excluding hydrogens is 476 g/mol. The molecule has 0 spiro atoms. The number of hydroxylamine groups is 2. The number of aliphatic hydroxyl groups excluding tert-OH is 1. The molecule has 0 saturated heterocycles. The van der Waals surface area contributed by atoms with Gasteiger partial charge in [0, 0.05) is 42.1 Å². The molecule has 3 rings (SSSR count). The van der Waals surface area contributed by atoms with Crippen LogP contribution in [0.15, 0.2) is 41.2 Å². The molecule has 0 aliphatic carbocycles. The van der Waals surface area contributed by atoms with Crippen LogP contribution >= 0.6 is 0 Å². The first-order chi connectivity index (χ1) is 17.6. The van der Waals surface area contributed by atoms with Crippen molar-refractivity contribution in [2.75, 3.05) is 19.8 Å². The van der Waals surface area contributed by atoms with E-state index in [1.54, 1.807) is 39.2 Å². The summed E-state index contributed by atoms with van der Waals surface area (Å²) in [7, 11) is 0. The Labute approximate surface area is 216 Å². The van der Waals surface area contributed by atoms with E-state index >= 15 is 0 Å². The summed E-state index contributed by atoms with van der Waals surface area (Å²) in [5, 5.41) is 13.0. The Morgan fingerprint density at radius 3 is 2.57 bits per heavy atom. The van der Waals surface area contributed by atoms with Crippen LogP contribution in [-0.4, -0.2) is 63.3 Å². The molecule has 0 saturated carbocycles. The van der Waals surface area contributed by atoms with Crippen molar-refractivity contribution >= 4 is 29.6 Å². The van der Waals surface area contributed by atoms with Crippen LogP contribution in [0.4, 0.5) is 10.5 Å². The molecule has 0 atom stereocenters. The lowest BCUT2D eigenvalue weighted by molar-refractivity contribution is -0.185. The van der Waals surface area contributed by atoms with Crippen molar-refractivity contribution in [3.8, 4) is 11.1 Å². The van der Waals surface area contributed by atoms with Gasteiger partial charge in [0.25, 0.3) is 5.91 Å². The molecule has 0 bridgehead atoms. The van der Waals surface area contributed by atoms with E-state index in [-0.39, 0.29) is 32.1 Å². The third-order valence-electron chi connectivity index (χ3n) is 5.09. The number of nitrogens with zero attached hydrogens (tertiary/aromatic N) is 4. The van der Waals surface area contributed by atoms with Crippen molar-refractivity contribution < 1.29 is 24.3 Å². The highest BCUT2D eigenvalue weighted by atomic mass is 16.7. The van der Waals surface area contributed by atoms with E-state index in [1.807, 2.05) is 25.1 Å². The summed E-state index contributed by atoms with van der Waals surface area (Å²) < 4.78 is 5.22. The van der Waals surface area contributed by atoms with Crippen LogP contribution in [0.5, 0.6) is 0 Å². The normalized spacial score (nSPS) is 13.1. The molecule has 0 radical (unpaired) electrons. The van der Waals surface area contributed by atoms with Crippen molar-refractivity contribution in [1.29, 1.82) is 0 Å². The summed E-state index contributed by atoms with van der Waals surface area (Å²) in [5.41, 5.74) is 8.95. The molecule has 0 unspecified atom stereocenters. The molecule has 2 amide bonds. The molecule has 2 aromatic rings. The summed E-state index contributed by atoms with van der Waals surface area (Å²) >= 11 is 0. The summed E-state index contributed by atoms with van der Waals surface area (Å²) in [6, 6.07) is 5.60. The van der Waals surface area contributed by atoms with Gasteiger partial charge < -0.3 is 20.9 Å². The number of aromatic nitrogens is 2. The number of benzene rings is 1. The quantitative estimate of drug-likeness (QED) is 0.435. The van der Waals surface area contributed by atoms with Gasteiger partial charge in [-0.05, 0) is 44.9 Å². The highest BCUT2D eigenvalue weighted by molar-refractivity contribution is 6.05. The van der Waals surface area contributed by atoms with E-state index in [0.717, 1.165) is 16.7 Å². The van der Waals surface area contributed by atoms with Crippen molar-refractivity contribution in [2.24, 2.45) is 10.7 Å². The minimum absolute atomic E-state index is 0.0282. The lowest BCUT2D eigenvalue weighted by Gasteiger charge is -2.22. The number of aliphatic hydroxyl groups is 1. The largest absolute Gasteiger partial charge is 0.444 e. The second-order valence-corrected chi connectivity index (χ2v) is 9.43. The van der Waals surface area contributed by atoms with Crippen LogP contribution in [-0.2, 0) is 20.9 Å². The van der Waals surface area contributed by atoms with Gasteiger partial charge in [-0.3, -0.25) is 9.63 Å². The Kier molecular flexibility index (Phi) is 9.31. The Morgan fingerprint density at radius 1 is 1.19 bits per heavy atom. The van der Waals surface area contributed by atoms with E-state index < -0.39 is 11.7 Å². The Hall–Kier alpha value is -3.83. The highest BCUT2D eigenvalue weighted by Crippen LogP contribution is 2.31. The van der Waals surface area contributed by atoms with Crippen LogP contribution < -0.4 is 11.1 Å². The molecule has 198 valence electrons. The molecule has 1 aliphatic rings. The monoisotopic (exact) mass is 510 g/mol. The van der Waals surface area contributed by atoms with Gasteiger partial charge in [-0.1, -0.05) is 19.1 Å². The third-order valence-corrected chi connectivity index (χ3v) is 5.09. The van der Waals surface area contributed by atoms with E-state index in [1.165, 1.54) is 5.06 Å². The Balaban J connectivity index is 1.77. The second kappa shape index (κ2) is 12.4. The SMILES string of the molecule is CCCN(OCCO)C(=O)C1=Cc2ccc(-c3cnc(CNC(=O)OC(C)(C)C)nc3)cc2N=C(N)C1. The number of aliphatic imine (C=N–C) groups is 1. The smallest absolute Gasteiger partial charge is 0.408 e. The molecule has 37 heavy (non-hydrogen) atoms. The van der Waals surface area contributed by atoms with Gasteiger partial charge in [-0.25, -0.2) is 24.8 Å². The molecule has 11 nitrogen and oxygen atoms in total. The molecule has 11 heteroatoms. The average molecular weight is 511 g/mol. The van der Waals surface area contributed by atoms with Gasteiger partial charge in [0.2, 0.25) is 0 Å². The Morgan fingerprint density at radius 2 is 1.92 bits per heavy atom. The number of rotatable bonds is 9. The van der Waals surface area contributed by atoms with Crippen LogP contribution in [0, 0.1) is 0 Å².